The largest absolute Gasteiger partial charge is 0.345 e. The van der Waals surface area contributed by atoms with Gasteiger partial charge in [0.05, 0.1) is 21.0 Å². The first-order chi connectivity index (χ1) is 16.4. The smallest absolute Gasteiger partial charge is 0.243 e. The molecule has 2 saturated heterocycles. The Kier molecular flexibility index (Phi) is 6.57. The van der Waals surface area contributed by atoms with Gasteiger partial charge >= 0.3 is 0 Å². The topological polar surface area (TPSA) is 85.8 Å². The molecule has 1 amide bonds. The summed E-state index contributed by atoms with van der Waals surface area (Å²) in [6, 6.07) is 14.2. The maximum atomic E-state index is 13.0. The van der Waals surface area contributed by atoms with Crippen molar-refractivity contribution in [1.82, 2.24) is 14.2 Å². The minimum absolute atomic E-state index is 0.142. The molecule has 2 aliphatic heterocycles. The summed E-state index contributed by atoms with van der Waals surface area (Å²) >= 11 is 1.64. The van der Waals surface area contributed by atoms with E-state index in [1.807, 2.05) is 18.2 Å². The maximum Gasteiger partial charge on any atom is 0.243 e. The quantitative estimate of drug-likeness (QED) is 0.581. The fourth-order valence-corrected chi connectivity index (χ4v) is 7.09. The van der Waals surface area contributed by atoms with E-state index in [-0.39, 0.29) is 23.3 Å². The van der Waals surface area contributed by atoms with Crippen LogP contribution in [0, 0.1) is 5.92 Å². The molecule has 34 heavy (non-hydrogen) atoms. The van der Waals surface area contributed by atoms with E-state index in [1.54, 1.807) is 41.7 Å². The third-order valence-corrected chi connectivity index (χ3v) is 9.51. The molecule has 5 rings (SSSR count). The Bertz CT molecular complexity index is 1270. The van der Waals surface area contributed by atoms with Crippen LogP contribution in [-0.2, 0) is 14.8 Å². The molecule has 3 aromatic rings. The van der Waals surface area contributed by atoms with Gasteiger partial charge in [-0.05, 0) is 50.2 Å². The Morgan fingerprint density at radius 2 is 1.82 bits per heavy atom. The molecule has 2 aromatic carbocycles. The summed E-state index contributed by atoms with van der Waals surface area (Å²) < 4.78 is 28.5. The molecule has 1 atom stereocenters. The molecule has 1 aromatic heterocycles. The average molecular weight is 500 g/mol. The van der Waals surface area contributed by atoms with Crippen LogP contribution in [0.2, 0.25) is 0 Å². The Hall–Kier alpha value is -2.53. The minimum atomic E-state index is -3.60. The number of carbonyl (C=O) groups excluding carboxylic acids is 1. The van der Waals surface area contributed by atoms with Crippen LogP contribution in [0.3, 0.4) is 0 Å². The van der Waals surface area contributed by atoms with Gasteiger partial charge < -0.3 is 15.1 Å². The van der Waals surface area contributed by atoms with Gasteiger partial charge in [-0.3, -0.25) is 4.79 Å². The van der Waals surface area contributed by atoms with Gasteiger partial charge in [-0.2, -0.15) is 4.31 Å². The van der Waals surface area contributed by atoms with Gasteiger partial charge in [0.15, 0.2) is 5.13 Å². The van der Waals surface area contributed by atoms with Gasteiger partial charge in [0.1, 0.15) is 0 Å². The number of aromatic nitrogens is 1. The number of piperidine rings is 1. The molecule has 0 spiro atoms. The molecule has 0 aliphatic carbocycles. The second-order valence-electron chi connectivity index (χ2n) is 8.97. The summed E-state index contributed by atoms with van der Waals surface area (Å²) in [6.07, 6.45) is 1.33. The number of anilines is 2. The highest BCUT2D eigenvalue weighted by atomic mass is 32.2. The fourth-order valence-electron chi connectivity index (χ4n) is 4.48. The first-order valence-corrected chi connectivity index (χ1v) is 13.9. The van der Waals surface area contributed by atoms with Crippen LogP contribution in [-0.4, -0.2) is 74.8 Å². The van der Waals surface area contributed by atoms with E-state index in [0.717, 1.165) is 41.5 Å². The summed E-state index contributed by atoms with van der Waals surface area (Å²) in [5.74, 6) is -0.526. The van der Waals surface area contributed by atoms with Gasteiger partial charge in [0.2, 0.25) is 15.9 Å². The van der Waals surface area contributed by atoms with Crippen LogP contribution >= 0.6 is 11.3 Å². The van der Waals surface area contributed by atoms with Gasteiger partial charge in [-0.15, -0.1) is 0 Å². The lowest BCUT2D eigenvalue weighted by Crippen LogP contribution is -2.44. The Labute approximate surface area is 204 Å². The van der Waals surface area contributed by atoms with E-state index in [1.165, 1.54) is 4.31 Å². The van der Waals surface area contributed by atoms with Crippen LogP contribution in [0.15, 0.2) is 53.4 Å². The minimum Gasteiger partial charge on any atom is -0.345 e. The zero-order valence-electron chi connectivity index (χ0n) is 19.2. The van der Waals surface area contributed by atoms with Crippen LogP contribution in [0.4, 0.5) is 10.8 Å². The number of likely N-dealkylation sites (N-methyl/N-ethyl adjacent to an activating group) is 1. The molecule has 3 heterocycles. The van der Waals surface area contributed by atoms with Gasteiger partial charge in [0, 0.05) is 45.0 Å². The number of carbonyl (C=O) groups is 1. The molecule has 8 nitrogen and oxygen atoms in total. The number of nitrogens with zero attached hydrogens (tertiary/aromatic N) is 4. The van der Waals surface area contributed by atoms with Gasteiger partial charge in [-0.25, -0.2) is 13.4 Å². The molecule has 2 aliphatic rings. The Morgan fingerprint density at radius 3 is 2.59 bits per heavy atom. The number of hydrogen-bond donors (Lipinski definition) is 1. The van der Waals surface area contributed by atoms with Crippen molar-refractivity contribution in [3.63, 3.8) is 0 Å². The fraction of sp³-hybridized carbons (Fsp3) is 0.417. The van der Waals surface area contributed by atoms with Crippen molar-refractivity contribution in [3.8, 4) is 0 Å². The number of benzene rings is 2. The monoisotopic (exact) mass is 499 g/mol. The molecular weight excluding hydrogens is 470 g/mol. The second-order valence-corrected chi connectivity index (χ2v) is 11.9. The molecule has 0 radical (unpaired) electrons. The highest BCUT2D eigenvalue weighted by molar-refractivity contribution is 7.89. The normalized spacial score (nSPS) is 20.5. The van der Waals surface area contributed by atoms with Crippen LogP contribution in [0.25, 0.3) is 10.2 Å². The van der Waals surface area contributed by atoms with Crippen molar-refractivity contribution in [2.45, 2.75) is 17.7 Å². The van der Waals surface area contributed by atoms with E-state index in [2.05, 4.69) is 22.2 Å². The highest BCUT2D eigenvalue weighted by Crippen LogP contribution is 2.32. The number of thiazole rings is 1. The number of nitrogens with one attached hydrogen (secondary N) is 1. The van der Waals surface area contributed by atoms with Crippen molar-refractivity contribution >= 4 is 48.3 Å². The van der Waals surface area contributed by atoms with Crippen molar-refractivity contribution in [1.29, 1.82) is 0 Å². The lowest BCUT2D eigenvalue weighted by Gasteiger charge is -2.32. The molecule has 180 valence electrons. The summed E-state index contributed by atoms with van der Waals surface area (Å²) in [5.41, 5.74) is 1.64. The predicted octanol–water partition coefficient (Wildman–Crippen LogP) is 3.09. The third-order valence-electron chi connectivity index (χ3n) is 6.55. The molecule has 10 heteroatoms. The van der Waals surface area contributed by atoms with E-state index in [4.69, 9.17) is 4.98 Å². The number of piperazine rings is 1. The number of rotatable bonds is 5. The first-order valence-electron chi connectivity index (χ1n) is 11.6. The van der Waals surface area contributed by atoms with Crippen LogP contribution in [0.5, 0.6) is 0 Å². The molecular formula is C24H29N5O3S2. The number of amides is 1. The zero-order valence-corrected chi connectivity index (χ0v) is 20.8. The van der Waals surface area contributed by atoms with Crippen molar-refractivity contribution in [2.24, 2.45) is 5.92 Å². The molecule has 0 saturated carbocycles. The molecule has 0 bridgehead atoms. The van der Waals surface area contributed by atoms with Crippen LogP contribution < -0.4 is 10.2 Å². The molecule has 0 unspecified atom stereocenters. The zero-order chi connectivity index (χ0) is 23.7. The predicted molar refractivity (Wildman–Crippen MR) is 136 cm³/mol. The molecule has 2 fully saturated rings. The maximum absolute atomic E-state index is 13.0. The summed E-state index contributed by atoms with van der Waals surface area (Å²) in [6.45, 7) is 4.60. The van der Waals surface area contributed by atoms with Crippen molar-refractivity contribution < 1.29 is 13.2 Å². The van der Waals surface area contributed by atoms with Crippen molar-refractivity contribution in [2.75, 3.05) is 56.5 Å². The van der Waals surface area contributed by atoms with Crippen LogP contribution in [0.1, 0.15) is 12.8 Å². The standard InChI is InChI=1S/C24H29N5O3S2/c1-27-12-14-28(15-13-27)24-26-21-10-9-19(16-22(21)33-24)25-23(30)18-6-5-11-29(17-18)34(31,32)20-7-3-2-4-8-20/h2-4,7-10,16,18H,5-6,11-15,17H2,1H3,(H,25,30)/t18-/m1/s1. The summed E-state index contributed by atoms with van der Waals surface area (Å²) in [7, 11) is -1.47. The van der Waals surface area contributed by atoms with Gasteiger partial charge in [0.25, 0.3) is 0 Å². The first kappa shape index (κ1) is 23.2. The number of fused-ring (bicyclic) bond motifs is 1. The summed E-state index contributed by atoms with van der Waals surface area (Å²) in [4.78, 5) is 22.7. The lowest BCUT2D eigenvalue weighted by atomic mass is 9.98. The Morgan fingerprint density at radius 1 is 1.06 bits per heavy atom. The van der Waals surface area contributed by atoms with Gasteiger partial charge in [-0.1, -0.05) is 29.5 Å². The summed E-state index contributed by atoms with van der Waals surface area (Å²) in [5, 5.41) is 4.02. The SMILES string of the molecule is CN1CCN(c2nc3ccc(NC(=O)[C@@H]4CCCN(S(=O)(=O)c5ccccc5)C4)cc3s2)CC1. The average Bonchev–Trinajstić information content (AvgIpc) is 3.28. The number of sulfonamides is 1. The van der Waals surface area contributed by atoms with Crippen molar-refractivity contribution in [3.05, 3.63) is 48.5 Å². The van der Waals surface area contributed by atoms with E-state index < -0.39 is 10.0 Å². The highest BCUT2D eigenvalue weighted by Gasteiger charge is 2.33. The molecule has 1 N–H and O–H groups in total. The second kappa shape index (κ2) is 9.61. The number of hydrogen-bond acceptors (Lipinski definition) is 7. The van der Waals surface area contributed by atoms with E-state index >= 15 is 0 Å². The Balaban J connectivity index is 1.26. The lowest BCUT2D eigenvalue weighted by molar-refractivity contribution is -0.120. The third kappa shape index (κ3) is 4.81. The van der Waals surface area contributed by atoms with E-state index in [9.17, 15) is 13.2 Å². The van der Waals surface area contributed by atoms with E-state index in [0.29, 0.717) is 25.1 Å².